The molecule has 6 nitrogen and oxygen atoms in total. The third-order valence-electron chi connectivity index (χ3n) is 2.74. The molecule has 0 radical (unpaired) electrons. The number of para-hydroxylation sites is 1. The van der Waals surface area contributed by atoms with E-state index in [-0.39, 0.29) is 18.4 Å². The molecular weight excluding hydrogens is 294 g/mol. The molecule has 2 aromatic rings. The predicted octanol–water partition coefficient (Wildman–Crippen LogP) is 2.17. The summed E-state index contributed by atoms with van der Waals surface area (Å²) in [6, 6.07) is 16.2. The van der Waals surface area contributed by atoms with E-state index < -0.39 is 0 Å². The fourth-order valence-corrected chi connectivity index (χ4v) is 1.72. The first-order valence-electron chi connectivity index (χ1n) is 7.01. The highest BCUT2D eigenvalue weighted by atomic mass is 16.5. The Morgan fingerprint density at radius 2 is 1.78 bits per heavy atom. The molecule has 0 bridgehead atoms. The van der Waals surface area contributed by atoms with Gasteiger partial charge in [-0.3, -0.25) is 9.59 Å². The summed E-state index contributed by atoms with van der Waals surface area (Å²) in [6.07, 6.45) is 1.52. The van der Waals surface area contributed by atoms with Crippen molar-refractivity contribution in [2.45, 2.75) is 6.92 Å². The average molecular weight is 311 g/mol. The molecule has 0 aliphatic rings. The number of nitrogens with zero attached hydrogens (tertiary/aromatic N) is 1. The number of hydrogen-bond acceptors (Lipinski definition) is 4. The minimum absolute atomic E-state index is 0.0752. The SMILES string of the molecule is CC(=O)N/N=C\c1ccc(OCC(=O)Nc2ccccc2)cc1. The maximum atomic E-state index is 11.8. The molecule has 0 aromatic heterocycles. The number of carbonyl (C=O) groups excluding carboxylic acids is 2. The number of hydrogen-bond donors (Lipinski definition) is 2. The molecule has 2 amide bonds. The summed E-state index contributed by atoms with van der Waals surface area (Å²) in [6.45, 7) is 1.31. The van der Waals surface area contributed by atoms with Crippen molar-refractivity contribution in [3.05, 3.63) is 60.2 Å². The summed E-state index contributed by atoms with van der Waals surface area (Å²) in [4.78, 5) is 22.4. The molecule has 2 rings (SSSR count). The molecule has 0 atom stereocenters. The largest absolute Gasteiger partial charge is 0.484 e. The quantitative estimate of drug-likeness (QED) is 0.634. The van der Waals surface area contributed by atoms with Crippen LogP contribution in [0, 0.1) is 0 Å². The number of anilines is 1. The molecular formula is C17H17N3O3. The van der Waals surface area contributed by atoms with Crippen molar-refractivity contribution in [3.63, 3.8) is 0 Å². The smallest absolute Gasteiger partial charge is 0.262 e. The molecule has 23 heavy (non-hydrogen) atoms. The van der Waals surface area contributed by atoms with E-state index in [1.165, 1.54) is 13.1 Å². The van der Waals surface area contributed by atoms with Crippen LogP contribution in [-0.2, 0) is 9.59 Å². The highest BCUT2D eigenvalue weighted by Crippen LogP contribution is 2.11. The number of hydrazone groups is 1. The molecule has 0 spiro atoms. The van der Waals surface area contributed by atoms with E-state index in [9.17, 15) is 9.59 Å². The summed E-state index contributed by atoms with van der Waals surface area (Å²) < 4.78 is 5.41. The lowest BCUT2D eigenvalue weighted by Crippen LogP contribution is -2.20. The van der Waals surface area contributed by atoms with Crippen LogP contribution in [0.25, 0.3) is 0 Å². The van der Waals surface area contributed by atoms with Gasteiger partial charge >= 0.3 is 0 Å². The van der Waals surface area contributed by atoms with Crippen LogP contribution in [0.2, 0.25) is 0 Å². The Morgan fingerprint density at radius 3 is 2.43 bits per heavy atom. The molecule has 0 saturated carbocycles. The van der Waals surface area contributed by atoms with Gasteiger partial charge in [-0.25, -0.2) is 5.43 Å². The minimum Gasteiger partial charge on any atom is -0.484 e. The van der Waals surface area contributed by atoms with Gasteiger partial charge in [0.15, 0.2) is 6.61 Å². The Kier molecular flexibility index (Phi) is 5.88. The van der Waals surface area contributed by atoms with E-state index in [0.717, 1.165) is 11.3 Å². The van der Waals surface area contributed by atoms with Crippen LogP contribution < -0.4 is 15.5 Å². The van der Waals surface area contributed by atoms with Crippen LogP contribution in [0.5, 0.6) is 5.75 Å². The second-order valence-electron chi connectivity index (χ2n) is 4.70. The van der Waals surface area contributed by atoms with Gasteiger partial charge in [0.1, 0.15) is 5.75 Å². The molecule has 0 heterocycles. The molecule has 0 unspecified atom stereocenters. The number of benzene rings is 2. The van der Waals surface area contributed by atoms with Gasteiger partial charge in [-0.1, -0.05) is 18.2 Å². The van der Waals surface area contributed by atoms with E-state index in [1.54, 1.807) is 36.4 Å². The van der Waals surface area contributed by atoms with Crippen molar-refractivity contribution in [3.8, 4) is 5.75 Å². The summed E-state index contributed by atoms with van der Waals surface area (Å²) in [5, 5.41) is 6.50. The standard InChI is InChI=1S/C17H17N3O3/c1-13(21)20-18-11-14-7-9-16(10-8-14)23-12-17(22)19-15-5-3-2-4-6-15/h2-11H,12H2,1H3,(H,19,22)(H,20,21)/b18-11-. The third kappa shape index (κ3) is 6.01. The summed E-state index contributed by atoms with van der Waals surface area (Å²) in [7, 11) is 0. The number of nitrogens with one attached hydrogen (secondary N) is 2. The first kappa shape index (κ1) is 16.2. The van der Waals surface area contributed by atoms with E-state index in [1.807, 2.05) is 18.2 Å². The third-order valence-corrected chi connectivity index (χ3v) is 2.74. The van der Waals surface area contributed by atoms with Gasteiger partial charge in [-0.15, -0.1) is 0 Å². The average Bonchev–Trinajstić information content (AvgIpc) is 2.55. The van der Waals surface area contributed by atoms with Crippen molar-refractivity contribution < 1.29 is 14.3 Å². The Bertz CT molecular complexity index is 682. The Labute approximate surface area is 134 Å². The maximum absolute atomic E-state index is 11.8. The Hall–Kier alpha value is -3.15. The highest BCUT2D eigenvalue weighted by molar-refractivity contribution is 5.91. The van der Waals surface area contributed by atoms with Crippen LogP contribution in [0.15, 0.2) is 59.7 Å². The molecule has 6 heteroatoms. The van der Waals surface area contributed by atoms with Crippen molar-refractivity contribution in [1.82, 2.24) is 5.43 Å². The van der Waals surface area contributed by atoms with Crippen molar-refractivity contribution >= 4 is 23.7 Å². The summed E-state index contributed by atoms with van der Waals surface area (Å²) >= 11 is 0. The first-order valence-corrected chi connectivity index (χ1v) is 7.01. The van der Waals surface area contributed by atoms with E-state index in [2.05, 4.69) is 15.8 Å². The molecule has 0 saturated heterocycles. The summed E-state index contributed by atoms with van der Waals surface area (Å²) in [5.74, 6) is 0.114. The minimum atomic E-state index is -0.231. The Balaban J connectivity index is 1.80. The van der Waals surface area contributed by atoms with Crippen molar-refractivity contribution in [2.24, 2.45) is 5.10 Å². The van der Waals surface area contributed by atoms with E-state index in [0.29, 0.717) is 5.75 Å². The van der Waals surface area contributed by atoms with Gasteiger partial charge in [0.05, 0.1) is 6.21 Å². The van der Waals surface area contributed by atoms with Gasteiger partial charge < -0.3 is 10.1 Å². The fraction of sp³-hybridized carbons (Fsp3) is 0.118. The van der Waals surface area contributed by atoms with Crippen molar-refractivity contribution in [1.29, 1.82) is 0 Å². The predicted molar refractivity (Wildman–Crippen MR) is 88.4 cm³/mol. The molecule has 2 N–H and O–H groups in total. The normalized spacial score (nSPS) is 10.3. The zero-order valence-electron chi connectivity index (χ0n) is 12.7. The molecule has 0 fully saturated rings. The van der Waals surface area contributed by atoms with Gasteiger partial charge in [0, 0.05) is 12.6 Å². The van der Waals surface area contributed by atoms with Crippen LogP contribution >= 0.6 is 0 Å². The van der Waals surface area contributed by atoms with Gasteiger partial charge in [-0.05, 0) is 42.0 Å². The second kappa shape index (κ2) is 8.33. The lowest BCUT2D eigenvalue weighted by atomic mass is 10.2. The molecule has 118 valence electrons. The fourth-order valence-electron chi connectivity index (χ4n) is 1.72. The lowest BCUT2D eigenvalue weighted by Gasteiger charge is -2.07. The number of rotatable bonds is 6. The van der Waals surface area contributed by atoms with Gasteiger partial charge in [-0.2, -0.15) is 5.10 Å². The molecule has 0 aliphatic heterocycles. The van der Waals surface area contributed by atoms with E-state index in [4.69, 9.17) is 4.74 Å². The zero-order valence-corrected chi connectivity index (χ0v) is 12.7. The van der Waals surface area contributed by atoms with Gasteiger partial charge in [0.25, 0.3) is 5.91 Å². The van der Waals surface area contributed by atoms with Crippen LogP contribution in [0.4, 0.5) is 5.69 Å². The number of amides is 2. The second-order valence-corrected chi connectivity index (χ2v) is 4.70. The number of carbonyl (C=O) groups is 2. The van der Waals surface area contributed by atoms with Crippen LogP contribution in [-0.4, -0.2) is 24.6 Å². The lowest BCUT2D eigenvalue weighted by molar-refractivity contribution is -0.119. The van der Waals surface area contributed by atoms with E-state index >= 15 is 0 Å². The zero-order chi connectivity index (χ0) is 16.5. The Morgan fingerprint density at radius 1 is 1.09 bits per heavy atom. The highest BCUT2D eigenvalue weighted by Gasteiger charge is 2.03. The summed E-state index contributed by atoms with van der Waals surface area (Å²) in [5.41, 5.74) is 3.85. The topological polar surface area (TPSA) is 79.8 Å². The molecule has 2 aromatic carbocycles. The van der Waals surface area contributed by atoms with Gasteiger partial charge in [0.2, 0.25) is 5.91 Å². The van der Waals surface area contributed by atoms with Crippen molar-refractivity contribution in [2.75, 3.05) is 11.9 Å². The number of ether oxygens (including phenoxy) is 1. The maximum Gasteiger partial charge on any atom is 0.262 e. The molecule has 0 aliphatic carbocycles. The van der Waals surface area contributed by atoms with Crippen LogP contribution in [0.3, 0.4) is 0 Å². The monoisotopic (exact) mass is 311 g/mol. The first-order chi connectivity index (χ1) is 11.1. The van der Waals surface area contributed by atoms with Crippen LogP contribution in [0.1, 0.15) is 12.5 Å².